The Morgan fingerprint density at radius 3 is 2.53 bits per heavy atom. The van der Waals surface area contributed by atoms with E-state index in [1.807, 2.05) is 0 Å². The molecule has 6 N–H and O–H groups in total. The molecule has 19 heavy (non-hydrogen) atoms. The number of carbonyl (C=O) groups excluding carboxylic acids is 2. The number of nitrogen functional groups attached to an aromatic ring is 1. The van der Waals surface area contributed by atoms with Gasteiger partial charge in [0, 0.05) is 13.1 Å². The van der Waals surface area contributed by atoms with Crippen LogP contribution in [-0.2, 0) is 0 Å². The van der Waals surface area contributed by atoms with E-state index in [4.69, 9.17) is 11.5 Å². The highest BCUT2D eigenvalue weighted by Gasteiger charge is 2.30. The van der Waals surface area contributed by atoms with Gasteiger partial charge in [0.2, 0.25) is 0 Å². The first-order valence-corrected chi connectivity index (χ1v) is 6.98. The molecule has 1 aliphatic rings. The summed E-state index contributed by atoms with van der Waals surface area (Å²) in [4.78, 5) is 23.5. The molecule has 1 aromatic rings. The zero-order valence-electron chi connectivity index (χ0n) is 10.9. The fraction of sp³-hybridized carbons (Fsp3) is 0.500. The molecule has 1 unspecified atom stereocenters. The van der Waals surface area contributed by atoms with Crippen molar-refractivity contribution >= 4 is 33.8 Å². The van der Waals surface area contributed by atoms with Crippen LogP contribution in [0.15, 0.2) is 0 Å². The number of rotatable bonds is 5. The fourth-order valence-corrected chi connectivity index (χ4v) is 3.16. The number of hydrogen-bond donors (Lipinski definition) is 4. The molecule has 1 fully saturated rings. The van der Waals surface area contributed by atoms with Gasteiger partial charge in [0.1, 0.15) is 9.88 Å². The molecular formula is C12H18N4O2S. The Hall–Kier alpha value is -1.76. The van der Waals surface area contributed by atoms with Crippen molar-refractivity contribution in [3.05, 3.63) is 10.4 Å². The van der Waals surface area contributed by atoms with E-state index in [0.717, 1.165) is 0 Å². The number of primary amides is 1. The molecule has 6 nitrogen and oxygen atoms in total. The summed E-state index contributed by atoms with van der Waals surface area (Å²) in [6, 6.07) is 0.244. The fourth-order valence-electron chi connectivity index (χ4n) is 1.99. The van der Waals surface area contributed by atoms with Gasteiger partial charge in [0.25, 0.3) is 11.8 Å². The summed E-state index contributed by atoms with van der Waals surface area (Å²) < 4.78 is 0. The van der Waals surface area contributed by atoms with E-state index < -0.39 is 5.91 Å². The largest absolute Gasteiger partial charge is 0.397 e. The van der Waals surface area contributed by atoms with Gasteiger partial charge < -0.3 is 22.1 Å². The van der Waals surface area contributed by atoms with E-state index in [1.165, 1.54) is 31.2 Å². The van der Waals surface area contributed by atoms with E-state index in [0.29, 0.717) is 15.8 Å². The third-order valence-corrected chi connectivity index (χ3v) is 4.45. The molecular weight excluding hydrogens is 264 g/mol. The summed E-state index contributed by atoms with van der Waals surface area (Å²) in [5, 5.41) is 6.34. The highest BCUT2D eigenvalue weighted by Crippen LogP contribution is 2.39. The average Bonchev–Trinajstić information content (AvgIpc) is 3.14. The molecule has 1 aromatic heterocycles. The van der Waals surface area contributed by atoms with Crippen molar-refractivity contribution < 1.29 is 9.59 Å². The standard InChI is InChI=1S/C12H18N4O2S/c1-5(6-3-4-6)16-12-7(10(14)17)8(13)9(19-12)11(18)15-2/h5-6,16H,3-4,13H2,1-2H3,(H2,14,17)(H,15,18). The molecule has 0 spiro atoms. The molecule has 2 amide bonds. The summed E-state index contributed by atoms with van der Waals surface area (Å²) in [5.41, 5.74) is 11.6. The van der Waals surface area contributed by atoms with E-state index in [-0.39, 0.29) is 23.2 Å². The number of amides is 2. The van der Waals surface area contributed by atoms with Crippen LogP contribution in [0.1, 0.15) is 39.8 Å². The molecule has 104 valence electrons. The Labute approximate surface area is 115 Å². The maximum absolute atomic E-state index is 11.7. The number of hydrogen-bond acceptors (Lipinski definition) is 5. The van der Waals surface area contributed by atoms with Crippen LogP contribution in [-0.4, -0.2) is 24.9 Å². The first-order valence-electron chi connectivity index (χ1n) is 6.16. The van der Waals surface area contributed by atoms with Crippen molar-refractivity contribution in [2.24, 2.45) is 11.7 Å². The van der Waals surface area contributed by atoms with Crippen molar-refractivity contribution in [2.75, 3.05) is 18.1 Å². The van der Waals surface area contributed by atoms with Crippen LogP contribution in [0.25, 0.3) is 0 Å². The molecule has 7 heteroatoms. The Bertz CT molecular complexity index is 522. The number of nitrogens with one attached hydrogen (secondary N) is 2. The van der Waals surface area contributed by atoms with Gasteiger partial charge in [-0.05, 0) is 25.7 Å². The van der Waals surface area contributed by atoms with Crippen LogP contribution >= 0.6 is 11.3 Å². The minimum absolute atomic E-state index is 0.155. The van der Waals surface area contributed by atoms with Crippen LogP contribution < -0.4 is 22.1 Å². The highest BCUT2D eigenvalue weighted by molar-refractivity contribution is 7.19. The average molecular weight is 282 g/mol. The van der Waals surface area contributed by atoms with Crippen molar-refractivity contribution in [1.29, 1.82) is 0 Å². The van der Waals surface area contributed by atoms with Crippen molar-refractivity contribution in [1.82, 2.24) is 5.32 Å². The molecule has 0 saturated heterocycles. The summed E-state index contributed by atoms with van der Waals surface area (Å²) >= 11 is 1.17. The smallest absolute Gasteiger partial charge is 0.263 e. The molecule has 0 radical (unpaired) electrons. The molecule has 0 bridgehead atoms. The van der Waals surface area contributed by atoms with Crippen LogP contribution in [0, 0.1) is 5.92 Å². The number of nitrogens with two attached hydrogens (primary N) is 2. The highest BCUT2D eigenvalue weighted by atomic mass is 32.1. The zero-order valence-corrected chi connectivity index (χ0v) is 11.8. The van der Waals surface area contributed by atoms with Gasteiger partial charge in [-0.15, -0.1) is 11.3 Å². The van der Waals surface area contributed by atoms with E-state index >= 15 is 0 Å². The molecule has 1 heterocycles. The lowest BCUT2D eigenvalue weighted by Crippen LogP contribution is -2.21. The second-order valence-corrected chi connectivity index (χ2v) is 5.78. The molecule has 0 aliphatic heterocycles. The van der Waals surface area contributed by atoms with Gasteiger partial charge in [-0.1, -0.05) is 0 Å². The molecule has 2 rings (SSSR count). The number of carbonyl (C=O) groups is 2. The third kappa shape index (κ3) is 2.65. The van der Waals surface area contributed by atoms with Gasteiger partial charge in [-0.3, -0.25) is 9.59 Å². The number of thiophene rings is 1. The lowest BCUT2D eigenvalue weighted by molar-refractivity contribution is 0.0967. The van der Waals surface area contributed by atoms with E-state index in [9.17, 15) is 9.59 Å². The van der Waals surface area contributed by atoms with Crippen molar-refractivity contribution in [3.63, 3.8) is 0 Å². The van der Waals surface area contributed by atoms with Gasteiger partial charge >= 0.3 is 0 Å². The van der Waals surface area contributed by atoms with Gasteiger partial charge in [-0.25, -0.2) is 0 Å². The van der Waals surface area contributed by atoms with Gasteiger partial charge in [-0.2, -0.15) is 0 Å². The summed E-state index contributed by atoms with van der Waals surface area (Å²) in [6.07, 6.45) is 2.37. The van der Waals surface area contributed by atoms with Crippen LogP contribution in [0.3, 0.4) is 0 Å². The molecule has 0 aromatic carbocycles. The van der Waals surface area contributed by atoms with E-state index in [1.54, 1.807) is 0 Å². The van der Waals surface area contributed by atoms with Crippen LogP contribution in [0.5, 0.6) is 0 Å². The monoisotopic (exact) mass is 282 g/mol. The number of anilines is 2. The Morgan fingerprint density at radius 1 is 1.42 bits per heavy atom. The lowest BCUT2D eigenvalue weighted by Gasteiger charge is -2.13. The summed E-state index contributed by atoms with van der Waals surface area (Å²) in [6.45, 7) is 2.05. The molecule has 1 aliphatic carbocycles. The van der Waals surface area contributed by atoms with Crippen molar-refractivity contribution in [3.8, 4) is 0 Å². The Kier molecular flexibility index (Phi) is 3.66. The zero-order chi connectivity index (χ0) is 14.2. The first-order chi connectivity index (χ1) is 8.95. The second kappa shape index (κ2) is 5.08. The maximum Gasteiger partial charge on any atom is 0.263 e. The van der Waals surface area contributed by atoms with Gasteiger partial charge in [0.15, 0.2) is 0 Å². The third-order valence-electron chi connectivity index (χ3n) is 3.31. The Balaban J connectivity index is 2.34. The SMILES string of the molecule is CNC(=O)c1sc(NC(C)C2CC2)c(C(N)=O)c1N. The summed E-state index contributed by atoms with van der Waals surface area (Å²) in [5.74, 6) is -0.306. The topological polar surface area (TPSA) is 110 Å². The van der Waals surface area contributed by atoms with Crippen LogP contribution in [0.2, 0.25) is 0 Å². The Morgan fingerprint density at radius 2 is 2.05 bits per heavy atom. The van der Waals surface area contributed by atoms with Crippen LogP contribution in [0.4, 0.5) is 10.7 Å². The minimum Gasteiger partial charge on any atom is -0.397 e. The predicted molar refractivity (Wildman–Crippen MR) is 76.4 cm³/mol. The second-order valence-electron chi connectivity index (χ2n) is 4.76. The quantitative estimate of drug-likeness (QED) is 0.645. The maximum atomic E-state index is 11.7. The first kappa shape index (κ1) is 13.7. The molecule has 1 atom stereocenters. The predicted octanol–water partition coefficient (Wildman–Crippen LogP) is 0.999. The summed E-state index contributed by atoms with van der Waals surface area (Å²) in [7, 11) is 1.52. The van der Waals surface area contributed by atoms with E-state index in [2.05, 4.69) is 17.6 Å². The van der Waals surface area contributed by atoms with Crippen molar-refractivity contribution in [2.45, 2.75) is 25.8 Å². The lowest BCUT2D eigenvalue weighted by atomic mass is 10.2. The minimum atomic E-state index is -0.616. The van der Waals surface area contributed by atoms with Gasteiger partial charge in [0.05, 0.1) is 11.3 Å². The normalized spacial score (nSPS) is 15.9. The molecule has 1 saturated carbocycles.